The van der Waals surface area contributed by atoms with E-state index in [-0.39, 0.29) is 5.75 Å². The molecule has 2 aromatic rings. The van der Waals surface area contributed by atoms with Gasteiger partial charge in [0.1, 0.15) is 5.76 Å². The van der Waals surface area contributed by atoms with E-state index in [1.807, 2.05) is 0 Å². The van der Waals surface area contributed by atoms with E-state index in [2.05, 4.69) is 4.98 Å². The van der Waals surface area contributed by atoms with Gasteiger partial charge >= 0.3 is 0 Å². The van der Waals surface area contributed by atoms with Crippen LogP contribution in [0.5, 0.6) is 5.75 Å². The molecular formula is C11H10FNO2. The van der Waals surface area contributed by atoms with Gasteiger partial charge in [-0.1, -0.05) is 0 Å². The third-order valence-electron chi connectivity index (χ3n) is 2.02. The van der Waals surface area contributed by atoms with Crippen LogP contribution in [0.3, 0.4) is 0 Å². The normalized spacial score (nSPS) is 10.3. The summed E-state index contributed by atoms with van der Waals surface area (Å²) in [5, 5.41) is 0. The van der Waals surface area contributed by atoms with Crippen LogP contribution in [0.15, 0.2) is 28.8 Å². The van der Waals surface area contributed by atoms with Gasteiger partial charge in [-0.25, -0.2) is 9.37 Å². The van der Waals surface area contributed by atoms with Crippen LogP contribution in [0.1, 0.15) is 5.76 Å². The van der Waals surface area contributed by atoms with E-state index < -0.39 is 5.82 Å². The van der Waals surface area contributed by atoms with E-state index in [1.165, 1.54) is 13.2 Å². The summed E-state index contributed by atoms with van der Waals surface area (Å²) in [7, 11) is 1.42. The van der Waals surface area contributed by atoms with Gasteiger partial charge in [0.2, 0.25) is 5.89 Å². The lowest BCUT2D eigenvalue weighted by atomic mass is 10.2. The summed E-state index contributed by atoms with van der Waals surface area (Å²) in [5.41, 5.74) is 0.696. The zero-order valence-corrected chi connectivity index (χ0v) is 8.45. The number of aryl methyl sites for hydroxylation is 1. The molecular weight excluding hydrogens is 197 g/mol. The van der Waals surface area contributed by atoms with Gasteiger partial charge in [0.15, 0.2) is 11.6 Å². The molecule has 0 aliphatic rings. The molecule has 0 radical (unpaired) electrons. The Morgan fingerprint density at radius 3 is 2.80 bits per heavy atom. The zero-order valence-electron chi connectivity index (χ0n) is 8.45. The molecule has 0 N–H and O–H groups in total. The summed E-state index contributed by atoms with van der Waals surface area (Å²) in [4.78, 5) is 4.05. The van der Waals surface area contributed by atoms with E-state index in [0.29, 0.717) is 17.2 Å². The van der Waals surface area contributed by atoms with Crippen molar-refractivity contribution in [1.29, 1.82) is 0 Å². The lowest BCUT2D eigenvalue weighted by molar-refractivity contribution is 0.386. The van der Waals surface area contributed by atoms with Crippen molar-refractivity contribution < 1.29 is 13.5 Å². The van der Waals surface area contributed by atoms with Crippen molar-refractivity contribution in [2.75, 3.05) is 7.11 Å². The van der Waals surface area contributed by atoms with Crippen LogP contribution in [0, 0.1) is 12.7 Å². The molecule has 0 saturated carbocycles. The summed E-state index contributed by atoms with van der Waals surface area (Å²) < 4.78 is 23.3. The van der Waals surface area contributed by atoms with Crippen molar-refractivity contribution in [3.8, 4) is 17.2 Å². The molecule has 0 unspecified atom stereocenters. The lowest BCUT2D eigenvalue weighted by Gasteiger charge is -2.02. The Morgan fingerprint density at radius 2 is 2.20 bits per heavy atom. The van der Waals surface area contributed by atoms with E-state index in [4.69, 9.17) is 9.15 Å². The number of benzene rings is 1. The molecule has 1 heterocycles. The maximum atomic E-state index is 13.1. The van der Waals surface area contributed by atoms with Crippen LogP contribution in [0.25, 0.3) is 11.5 Å². The van der Waals surface area contributed by atoms with Crippen LogP contribution in [0.4, 0.5) is 4.39 Å². The number of aromatic nitrogens is 1. The first-order chi connectivity index (χ1) is 7.20. The van der Waals surface area contributed by atoms with E-state index in [1.54, 1.807) is 25.3 Å². The first-order valence-corrected chi connectivity index (χ1v) is 4.47. The second-order valence-electron chi connectivity index (χ2n) is 3.13. The number of nitrogens with zero attached hydrogens (tertiary/aromatic N) is 1. The molecule has 2 rings (SSSR count). The summed E-state index contributed by atoms with van der Waals surface area (Å²) in [6.07, 6.45) is 1.62. The number of oxazole rings is 1. The number of rotatable bonds is 2. The lowest BCUT2D eigenvalue weighted by Crippen LogP contribution is -1.88. The van der Waals surface area contributed by atoms with Gasteiger partial charge in [0.25, 0.3) is 0 Å². The number of hydrogen-bond donors (Lipinski definition) is 0. The molecule has 0 bridgehead atoms. The van der Waals surface area contributed by atoms with E-state index in [9.17, 15) is 4.39 Å². The van der Waals surface area contributed by atoms with Gasteiger partial charge < -0.3 is 9.15 Å². The molecule has 78 valence electrons. The molecule has 4 heteroatoms. The van der Waals surface area contributed by atoms with Gasteiger partial charge in [0, 0.05) is 5.56 Å². The maximum absolute atomic E-state index is 13.1. The second-order valence-corrected chi connectivity index (χ2v) is 3.13. The Kier molecular flexibility index (Phi) is 2.41. The highest BCUT2D eigenvalue weighted by molar-refractivity contribution is 5.56. The van der Waals surface area contributed by atoms with Gasteiger partial charge in [-0.15, -0.1) is 0 Å². The van der Waals surface area contributed by atoms with Crippen molar-refractivity contribution in [3.05, 3.63) is 36.0 Å². The van der Waals surface area contributed by atoms with E-state index in [0.717, 1.165) is 0 Å². The van der Waals surface area contributed by atoms with Crippen LogP contribution in [-0.2, 0) is 0 Å². The highest BCUT2D eigenvalue weighted by atomic mass is 19.1. The molecule has 0 saturated heterocycles. The molecule has 1 aromatic heterocycles. The monoisotopic (exact) mass is 207 g/mol. The van der Waals surface area contributed by atoms with Gasteiger partial charge in [-0.2, -0.15) is 0 Å². The molecule has 0 aliphatic heterocycles. The standard InChI is InChI=1S/C11H10FNO2/c1-7-6-13-11(15-7)8-3-4-9(12)10(5-8)14-2/h3-6H,1-2H3. The fourth-order valence-electron chi connectivity index (χ4n) is 1.28. The first-order valence-electron chi connectivity index (χ1n) is 4.47. The Hall–Kier alpha value is -1.84. The minimum Gasteiger partial charge on any atom is -0.494 e. The largest absolute Gasteiger partial charge is 0.494 e. The zero-order chi connectivity index (χ0) is 10.8. The minimum atomic E-state index is -0.399. The predicted octanol–water partition coefficient (Wildman–Crippen LogP) is 2.80. The third kappa shape index (κ3) is 1.83. The fourth-order valence-corrected chi connectivity index (χ4v) is 1.28. The van der Waals surface area contributed by atoms with Crippen LogP contribution >= 0.6 is 0 Å². The van der Waals surface area contributed by atoms with Crippen LogP contribution < -0.4 is 4.74 Å². The maximum Gasteiger partial charge on any atom is 0.226 e. The fraction of sp³-hybridized carbons (Fsp3) is 0.182. The summed E-state index contributed by atoms with van der Waals surface area (Å²) in [6, 6.07) is 4.48. The van der Waals surface area contributed by atoms with Crippen molar-refractivity contribution in [2.24, 2.45) is 0 Å². The topological polar surface area (TPSA) is 35.3 Å². The number of ether oxygens (including phenoxy) is 1. The molecule has 0 spiro atoms. The highest BCUT2D eigenvalue weighted by Gasteiger charge is 2.08. The predicted molar refractivity (Wildman–Crippen MR) is 53.2 cm³/mol. The van der Waals surface area contributed by atoms with Crippen molar-refractivity contribution >= 4 is 0 Å². The van der Waals surface area contributed by atoms with Gasteiger partial charge in [-0.05, 0) is 25.1 Å². The summed E-state index contributed by atoms with van der Waals surface area (Å²) >= 11 is 0. The second kappa shape index (κ2) is 3.73. The first kappa shape index (κ1) is 9.71. The molecule has 0 aliphatic carbocycles. The quantitative estimate of drug-likeness (QED) is 0.759. The number of halogens is 1. The summed E-state index contributed by atoms with van der Waals surface area (Å²) in [5.74, 6) is 0.965. The van der Waals surface area contributed by atoms with Gasteiger partial charge in [-0.3, -0.25) is 0 Å². The Morgan fingerprint density at radius 1 is 1.40 bits per heavy atom. The Labute approximate surface area is 86.5 Å². The van der Waals surface area contributed by atoms with Crippen LogP contribution in [0.2, 0.25) is 0 Å². The number of methoxy groups -OCH3 is 1. The summed E-state index contributed by atoms with van der Waals surface area (Å²) in [6.45, 7) is 1.80. The smallest absolute Gasteiger partial charge is 0.226 e. The Balaban J connectivity index is 2.45. The van der Waals surface area contributed by atoms with Crippen LogP contribution in [-0.4, -0.2) is 12.1 Å². The molecule has 3 nitrogen and oxygen atoms in total. The minimum absolute atomic E-state index is 0.184. The van der Waals surface area contributed by atoms with Crippen molar-refractivity contribution in [2.45, 2.75) is 6.92 Å². The molecule has 1 aromatic carbocycles. The SMILES string of the molecule is COc1cc(-c2ncc(C)o2)ccc1F. The van der Waals surface area contributed by atoms with Crippen molar-refractivity contribution in [3.63, 3.8) is 0 Å². The average Bonchev–Trinajstić information content (AvgIpc) is 2.66. The highest BCUT2D eigenvalue weighted by Crippen LogP contribution is 2.25. The molecule has 0 amide bonds. The van der Waals surface area contributed by atoms with Gasteiger partial charge in [0.05, 0.1) is 13.3 Å². The Bertz CT molecular complexity index is 479. The third-order valence-corrected chi connectivity index (χ3v) is 2.02. The average molecular weight is 207 g/mol. The molecule has 15 heavy (non-hydrogen) atoms. The van der Waals surface area contributed by atoms with Crippen molar-refractivity contribution in [1.82, 2.24) is 4.98 Å². The molecule has 0 fully saturated rings. The van der Waals surface area contributed by atoms with E-state index >= 15 is 0 Å². The molecule has 0 atom stereocenters. The number of hydrogen-bond acceptors (Lipinski definition) is 3.